The lowest BCUT2D eigenvalue weighted by molar-refractivity contribution is -0.149. The molecule has 0 aromatic heterocycles. The third-order valence-electron chi connectivity index (χ3n) is 5.07. The number of halogens is 1. The number of carbonyl (C=O) groups excluding carboxylic acids is 1. The minimum absolute atomic E-state index is 0.202. The fourth-order valence-electron chi connectivity index (χ4n) is 3.23. The van der Waals surface area contributed by atoms with Crippen LogP contribution in [-0.2, 0) is 19.7 Å². The van der Waals surface area contributed by atoms with Crippen LogP contribution in [0.2, 0.25) is 0 Å². The van der Waals surface area contributed by atoms with Crippen molar-refractivity contribution in [3.63, 3.8) is 0 Å². The summed E-state index contributed by atoms with van der Waals surface area (Å²) >= 11 is 3.50. The molecule has 0 radical (unpaired) electrons. The second kappa shape index (κ2) is 6.24. The number of nitrogens with one attached hydrogen (secondary N) is 1. The van der Waals surface area contributed by atoms with Gasteiger partial charge >= 0.3 is 5.97 Å². The quantitative estimate of drug-likeness (QED) is 0.768. The monoisotopic (exact) mass is 381 g/mol. The minimum Gasteiger partial charge on any atom is -0.480 e. The van der Waals surface area contributed by atoms with Crippen LogP contribution in [0.5, 0.6) is 0 Å². The van der Waals surface area contributed by atoms with Crippen molar-refractivity contribution in [2.45, 2.75) is 31.1 Å². The maximum Gasteiger partial charge on any atom is 0.319 e. The summed E-state index contributed by atoms with van der Waals surface area (Å²) in [5.74, 6) is -1.37. The summed E-state index contributed by atoms with van der Waals surface area (Å²) in [6, 6.07) is 8.09. The Morgan fingerprint density at radius 3 is 2.48 bits per heavy atom. The second-order valence-electron chi connectivity index (χ2n) is 6.47. The molecular weight excluding hydrogens is 362 g/mol. The topological polar surface area (TPSA) is 75.6 Å². The number of amides is 1. The van der Waals surface area contributed by atoms with E-state index in [1.54, 1.807) is 0 Å². The molecule has 3 rings (SSSR count). The minimum atomic E-state index is -1.19. The number of carboxylic acid groups (broad SMARTS) is 1. The van der Waals surface area contributed by atoms with Gasteiger partial charge in [-0.25, -0.2) is 0 Å². The van der Waals surface area contributed by atoms with Crippen molar-refractivity contribution < 1.29 is 19.4 Å². The molecule has 23 heavy (non-hydrogen) atoms. The van der Waals surface area contributed by atoms with Crippen LogP contribution in [0.15, 0.2) is 28.7 Å². The van der Waals surface area contributed by atoms with E-state index < -0.39 is 11.4 Å². The Morgan fingerprint density at radius 1 is 1.22 bits per heavy atom. The molecule has 2 fully saturated rings. The van der Waals surface area contributed by atoms with E-state index in [-0.39, 0.29) is 11.3 Å². The molecule has 6 heteroatoms. The highest BCUT2D eigenvalue weighted by Crippen LogP contribution is 2.46. The molecule has 124 valence electrons. The third-order valence-corrected chi connectivity index (χ3v) is 5.56. The molecule has 1 aromatic carbocycles. The molecule has 1 aliphatic carbocycles. The molecule has 1 aliphatic heterocycles. The van der Waals surface area contributed by atoms with Gasteiger partial charge in [-0.05, 0) is 43.4 Å². The Kier molecular flexibility index (Phi) is 4.47. The number of carboxylic acids is 1. The number of hydrogen-bond acceptors (Lipinski definition) is 3. The Hall–Kier alpha value is -1.40. The van der Waals surface area contributed by atoms with Gasteiger partial charge in [-0.1, -0.05) is 28.1 Å². The van der Waals surface area contributed by atoms with Gasteiger partial charge in [0.1, 0.15) is 5.41 Å². The summed E-state index contributed by atoms with van der Waals surface area (Å²) in [6.07, 6.45) is 2.48. The fourth-order valence-corrected chi connectivity index (χ4v) is 3.63. The van der Waals surface area contributed by atoms with Gasteiger partial charge in [0.15, 0.2) is 0 Å². The van der Waals surface area contributed by atoms with Gasteiger partial charge < -0.3 is 15.2 Å². The first kappa shape index (κ1) is 16.5. The molecule has 0 atom stereocenters. The van der Waals surface area contributed by atoms with Crippen LogP contribution in [0.3, 0.4) is 0 Å². The highest BCUT2D eigenvalue weighted by Gasteiger charge is 2.57. The van der Waals surface area contributed by atoms with E-state index in [0.717, 1.165) is 22.9 Å². The van der Waals surface area contributed by atoms with Crippen molar-refractivity contribution in [3.8, 4) is 0 Å². The molecule has 1 saturated heterocycles. The van der Waals surface area contributed by atoms with Gasteiger partial charge in [0, 0.05) is 29.6 Å². The number of ether oxygens (including phenoxy) is 1. The SMILES string of the molecule is O=C(O)C1(C(=O)NCC2(c3cccc(Br)c3)CCOCC2)CC1. The maximum atomic E-state index is 12.3. The summed E-state index contributed by atoms with van der Waals surface area (Å²) in [6.45, 7) is 1.74. The zero-order chi connectivity index (χ0) is 16.5. The smallest absolute Gasteiger partial charge is 0.319 e. The van der Waals surface area contributed by atoms with Crippen molar-refractivity contribution in [3.05, 3.63) is 34.3 Å². The normalized spacial score (nSPS) is 21.4. The highest BCUT2D eigenvalue weighted by molar-refractivity contribution is 9.10. The van der Waals surface area contributed by atoms with Gasteiger partial charge in [0.25, 0.3) is 0 Å². The van der Waals surface area contributed by atoms with Crippen LogP contribution in [-0.4, -0.2) is 36.7 Å². The molecule has 1 aromatic rings. The van der Waals surface area contributed by atoms with Crippen LogP contribution < -0.4 is 5.32 Å². The largest absolute Gasteiger partial charge is 0.480 e. The van der Waals surface area contributed by atoms with Gasteiger partial charge in [-0.3, -0.25) is 9.59 Å². The molecule has 0 bridgehead atoms. The average Bonchev–Trinajstić information content (AvgIpc) is 3.35. The van der Waals surface area contributed by atoms with Crippen LogP contribution in [0.25, 0.3) is 0 Å². The van der Waals surface area contributed by atoms with E-state index in [1.165, 1.54) is 0 Å². The van der Waals surface area contributed by atoms with E-state index in [1.807, 2.05) is 12.1 Å². The summed E-state index contributed by atoms with van der Waals surface area (Å²) in [5, 5.41) is 12.1. The Bertz CT molecular complexity index is 621. The number of carbonyl (C=O) groups is 2. The molecule has 1 heterocycles. The molecule has 2 N–H and O–H groups in total. The lowest BCUT2D eigenvalue weighted by Crippen LogP contribution is -2.47. The zero-order valence-corrected chi connectivity index (χ0v) is 14.4. The second-order valence-corrected chi connectivity index (χ2v) is 7.39. The first-order valence-electron chi connectivity index (χ1n) is 7.84. The predicted molar refractivity (Wildman–Crippen MR) is 88.2 cm³/mol. The van der Waals surface area contributed by atoms with Crippen LogP contribution in [0, 0.1) is 5.41 Å². The van der Waals surface area contributed by atoms with Gasteiger partial charge in [-0.15, -0.1) is 0 Å². The van der Waals surface area contributed by atoms with Crippen molar-refractivity contribution >= 4 is 27.8 Å². The summed E-state index contributed by atoms with van der Waals surface area (Å²) in [5.41, 5.74) is -0.244. The Labute approximate surface area is 143 Å². The van der Waals surface area contributed by atoms with Crippen LogP contribution in [0.4, 0.5) is 0 Å². The van der Waals surface area contributed by atoms with E-state index in [2.05, 4.69) is 33.4 Å². The first-order chi connectivity index (χ1) is 11.0. The standard InChI is InChI=1S/C17H20BrNO4/c18-13-3-1-2-12(10-13)16(6-8-23-9-7-16)11-19-14(20)17(4-5-17)15(21)22/h1-3,10H,4-9,11H2,(H,19,20)(H,21,22). The van der Waals surface area contributed by atoms with E-state index in [0.29, 0.717) is 32.6 Å². The summed E-state index contributed by atoms with van der Waals surface area (Å²) < 4.78 is 6.48. The van der Waals surface area contributed by atoms with Crippen molar-refractivity contribution in [1.29, 1.82) is 0 Å². The highest BCUT2D eigenvalue weighted by atomic mass is 79.9. The van der Waals surface area contributed by atoms with Crippen molar-refractivity contribution in [2.24, 2.45) is 5.41 Å². The number of rotatable bonds is 5. The number of aliphatic carboxylic acids is 1. The Balaban J connectivity index is 1.78. The molecule has 1 saturated carbocycles. The zero-order valence-electron chi connectivity index (χ0n) is 12.8. The lowest BCUT2D eigenvalue weighted by atomic mass is 9.74. The third kappa shape index (κ3) is 3.15. The number of hydrogen-bond donors (Lipinski definition) is 2. The van der Waals surface area contributed by atoms with Gasteiger partial charge in [-0.2, -0.15) is 0 Å². The fraction of sp³-hybridized carbons (Fsp3) is 0.529. The van der Waals surface area contributed by atoms with Crippen molar-refractivity contribution in [2.75, 3.05) is 19.8 Å². The molecule has 0 unspecified atom stereocenters. The Morgan fingerprint density at radius 2 is 1.91 bits per heavy atom. The molecule has 2 aliphatic rings. The lowest BCUT2D eigenvalue weighted by Gasteiger charge is -2.38. The molecule has 1 amide bonds. The maximum absolute atomic E-state index is 12.3. The van der Waals surface area contributed by atoms with Crippen LogP contribution >= 0.6 is 15.9 Å². The van der Waals surface area contributed by atoms with E-state index >= 15 is 0 Å². The van der Waals surface area contributed by atoms with E-state index in [9.17, 15) is 14.7 Å². The summed E-state index contributed by atoms with van der Waals surface area (Å²) in [4.78, 5) is 23.6. The van der Waals surface area contributed by atoms with Crippen LogP contribution in [0.1, 0.15) is 31.2 Å². The summed E-state index contributed by atoms with van der Waals surface area (Å²) in [7, 11) is 0. The van der Waals surface area contributed by atoms with Crippen molar-refractivity contribution in [1.82, 2.24) is 5.32 Å². The van der Waals surface area contributed by atoms with Gasteiger partial charge in [0.2, 0.25) is 5.91 Å². The molecular formula is C17H20BrNO4. The first-order valence-corrected chi connectivity index (χ1v) is 8.63. The van der Waals surface area contributed by atoms with E-state index in [4.69, 9.17) is 4.74 Å². The molecule has 0 spiro atoms. The molecule has 5 nitrogen and oxygen atoms in total. The predicted octanol–water partition coefficient (Wildman–Crippen LogP) is 2.48. The number of benzene rings is 1. The average molecular weight is 382 g/mol. The van der Waals surface area contributed by atoms with Gasteiger partial charge in [0.05, 0.1) is 0 Å².